The van der Waals surface area contributed by atoms with Gasteiger partial charge in [0.2, 0.25) is 0 Å². The van der Waals surface area contributed by atoms with Crippen molar-refractivity contribution < 1.29 is 9.84 Å². The van der Waals surface area contributed by atoms with Gasteiger partial charge in [0, 0.05) is 12.1 Å². The average Bonchev–Trinajstić information content (AvgIpc) is 2.13. The molecule has 0 aliphatic carbocycles. The number of benzene rings is 1. The fraction of sp³-hybridized carbons (Fsp3) is 0.333. The zero-order chi connectivity index (χ0) is 9.68. The lowest BCUT2D eigenvalue weighted by atomic mass is 10.2. The zero-order valence-corrected chi connectivity index (χ0v) is 7.58. The Morgan fingerprint density at radius 1 is 1.54 bits per heavy atom. The number of hydrogen-bond donors (Lipinski definition) is 3. The molecular weight excluding hydrogens is 168 g/mol. The normalized spacial score (nSPS) is 10.0. The molecule has 0 fully saturated rings. The van der Waals surface area contributed by atoms with Crippen molar-refractivity contribution in [1.29, 1.82) is 0 Å². The van der Waals surface area contributed by atoms with E-state index in [4.69, 9.17) is 10.6 Å². The van der Waals surface area contributed by atoms with Crippen LogP contribution < -0.4 is 16.0 Å². The second-order valence-corrected chi connectivity index (χ2v) is 2.58. The first-order chi connectivity index (χ1) is 6.29. The third kappa shape index (κ3) is 2.34. The van der Waals surface area contributed by atoms with Gasteiger partial charge >= 0.3 is 0 Å². The van der Waals surface area contributed by atoms with Crippen LogP contribution in [0, 0.1) is 0 Å². The number of ether oxygens (including phenoxy) is 1. The van der Waals surface area contributed by atoms with E-state index in [-0.39, 0.29) is 5.75 Å². The minimum absolute atomic E-state index is 0.155. The summed E-state index contributed by atoms with van der Waals surface area (Å²) in [7, 11) is 0. The Morgan fingerprint density at radius 3 is 2.92 bits per heavy atom. The van der Waals surface area contributed by atoms with Gasteiger partial charge in [-0.25, -0.2) is 0 Å². The smallest absolute Gasteiger partial charge is 0.162 e. The first kappa shape index (κ1) is 9.83. The summed E-state index contributed by atoms with van der Waals surface area (Å²) in [6.07, 6.45) is 0. The largest absolute Gasteiger partial charge is 0.504 e. The third-order valence-electron chi connectivity index (χ3n) is 1.67. The molecule has 0 aromatic heterocycles. The first-order valence-electron chi connectivity index (χ1n) is 4.16. The molecule has 0 unspecified atom stereocenters. The maximum atomic E-state index is 9.63. The van der Waals surface area contributed by atoms with Gasteiger partial charge in [-0.15, -0.1) is 0 Å². The Labute approximate surface area is 77.3 Å². The van der Waals surface area contributed by atoms with Crippen LogP contribution in [-0.2, 0) is 6.54 Å². The number of phenols is 1. The van der Waals surface area contributed by atoms with Crippen molar-refractivity contribution >= 4 is 0 Å². The molecule has 0 saturated carbocycles. The van der Waals surface area contributed by atoms with Crippen molar-refractivity contribution in [3.8, 4) is 11.5 Å². The highest BCUT2D eigenvalue weighted by Crippen LogP contribution is 2.29. The Bertz CT molecular complexity index is 252. The molecule has 72 valence electrons. The lowest BCUT2D eigenvalue weighted by Crippen LogP contribution is -2.20. The third-order valence-corrected chi connectivity index (χ3v) is 1.67. The summed E-state index contributed by atoms with van der Waals surface area (Å²) >= 11 is 0. The minimum Gasteiger partial charge on any atom is -0.504 e. The molecule has 0 saturated heterocycles. The van der Waals surface area contributed by atoms with Crippen LogP contribution in [0.3, 0.4) is 0 Å². The van der Waals surface area contributed by atoms with Gasteiger partial charge in [-0.05, 0) is 13.0 Å². The molecule has 1 rings (SSSR count). The maximum absolute atomic E-state index is 9.63. The van der Waals surface area contributed by atoms with Gasteiger partial charge < -0.3 is 9.84 Å². The molecule has 0 aliphatic heterocycles. The lowest BCUT2D eigenvalue weighted by Gasteiger charge is -2.09. The summed E-state index contributed by atoms with van der Waals surface area (Å²) in [6.45, 7) is 2.83. The van der Waals surface area contributed by atoms with Crippen LogP contribution in [0.15, 0.2) is 18.2 Å². The first-order valence-corrected chi connectivity index (χ1v) is 4.16. The topological polar surface area (TPSA) is 67.5 Å². The molecule has 0 amide bonds. The summed E-state index contributed by atoms with van der Waals surface area (Å²) in [5.74, 6) is 5.80. The summed E-state index contributed by atoms with van der Waals surface area (Å²) < 4.78 is 5.21. The Hall–Kier alpha value is -1.26. The van der Waals surface area contributed by atoms with E-state index in [2.05, 4.69) is 5.43 Å². The van der Waals surface area contributed by atoms with Gasteiger partial charge in [-0.3, -0.25) is 11.3 Å². The molecule has 13 heavy (non-hydrogen) atoms. The Morgan fingerprint density at radius 2 is 2.31 bits per heavy atom. The van der Waals surface area contributed by atoms with E-state index in [1.807, 2.05) is 13.0 Å². The highest BCUT2D eigenvalue weighted by molar-refractivity contribution is 5.45. The van der Waals surface area contributed by atoms with E-state index < -0.39 is 0 Å². The summed E-state index contributed by atoms with van der Waals surface area (Å²) in [5, 5.41) is 9.63. The molecule has 1 aromatic rings. The number of phenolic OH excluding ortho intramolecular Hbond substituents is 1. The fourth-order valence-corrected chi connectivity index (χ4v) is 1.09. The zero-order valence-electron chi connectivity index (χ0n) is 7.58. The van der Waals surface area contributed by atoms with Crippen LogP contribution in [0.1, 0.15) is 12.5 Å². The molecule has 1 aromatic carbocycles. The Balaban J connectivity index is 2.89. The number of rotatable bonds is 4. The highest BCUT2D eigenvalue weighted by Gasteiger charge is 2.05. The van der Waals surface area contributed by atoms with Gasteiger partial charge in [0.25, 0.3) is 0 Å². The Kier molecular flexibility index (Phi) is 3.54. The van der Waals surface area contributed by atoms with E-state index in [0.717, 1.165) is 5.56 Å². The van der Waals surface area contributed by atoms with Gasteiger partial charge in [0.05, 0.1) is 6.61 Å². The van der Waals surface area contributed by atoms with Crippen molar-refractivity contribution in [3.63, 3.8) is 0 Å². The molecule has 4 nitrogen and oxygen atoms in total. The van der Waals surface area contributed by atoms with E-state index in [1.165, 1.54) is 0 Å². The highest BCUT2D eigenvalue weighted by atomic mass is 16.5. The second-order valence-electron chi connectivity index (χ2n) is 2.58. The van der Waals surface area contributed by atoms with Crippen LogP contribution in [0.25, 0.3) is 0 Å². The number of nitrogens with two attached hydrogens (primary N) is 1. The molecule has 0 aliphatic rings. The fourth-order valence-electron chi connectivity index (χ4n) is 1.09. The van der Waals surface area contributed by atoms with Crippen LogP contribution >= 0.6 is 0 Å². The van der Waals surface area contributed by atoms with Crippen molar-refractivity contribution in [1.82, 2.24) is 5.43 Å². The van der Waals surface area contributed by atoms with Crippen molar-refractivity contribution in [2.75, 3.05) is 6.61 Å². The van der Waals surface area contributed by atoms with E-state index in [1.54, 1.807) is 12.1 Å². The summed E-state index contributed by atoms with van der Waals surface area (Å²) in [6, 6.07) is 5.33. The number of aromatic hydroxyl groups is 1. The molecule has 0 radical (unpaired) electrons. The van der Waals surface area contributed by atoms with Crippen LogP contribution in [0.5, 0.6) is 11.5 Å². The SMILES string of the molecule is CCOc1cccc(CNN)c1O. The molecule has 0 spiro atoms. The van der Waals surface area contributed by atoms with Gasteiger partial charge in [0.15, 0.2) is 11.5 Å². The molecular formula is C9H14N2O2. The predicted octanol–water partition coefficient (Wildman–Crippen LogP) is 0.754. The minimum atomic E-state index is 0.155. The lowest BCUT2D eigenvalue weighted by molar-refractivity contribution is 0.316. The monoisotopic (exact) mass is 182 g/mol. The number of hydrazine groups is 1. The van der Waals surface area contributed by atoms with E-state index in [9.17, 15) is 5.11 Å². The van der Waals surface area contributed by atoms with Crippen molar-refractivity contribution in [2.24, 2.45) is 5.84 Å². The van der Waals surface area contributed by atoms with Crippen LogP contribution in [0.2, 0.25) is 0 Å². The van der Waals surface area contributed by atoms with Crippen LogP contribution in [-0.4, -0.2) is 11.7 Å². The summed E-state index contributed by atoms with van der Waals surface area (Å²) in [4.78, 5) is 0. The summed E-state index contributed by atoms with van der Waals surface area (Å²) in [5.41, 5.74) is 3.21. The quantitative estimate of drug-likeness (QED) is 0.475. The van der Waals surface area contributed by atoms with Gasteiger partial charge in [0.1, 0.15) is 0 Å². The maximum Gasteiger partial charge on any atom is 0.162 e. The average molecular weight is 182 g/mol. The van der Waals surface area contributed by atoms with E-state index >= 15 is 0 Å². The number of hydrogen-bond acceptors (Lipinski definition) is 4. The van der Waals surface area contributed by atoms with Gasteiger partial charge in [-0.2, -0.15) is 0 Å². The van der Waals surface area contributed by atoms with Crippen LogP contribution in [0.4, 0.5) is 0 Å². The predicted molar refractivity (Wildman–Crippen MR) is 50.3 cm³/mol. The van der Waals surface area contributed by atoms with Crippen molar-refractivity contribution in [2.45, 2.75) is 13.5 Å². The van der Waals surface area contributed by atoms with Gasteiger partial charge in [-0.1, -0.05) is 12.1 Å². The molecule has 4 N–H and O–H groups in total. The second kappa shape index (κ2) is 4.69. The molecule has 0 bridgehead atoms. The molecule has 0 atom stereocenters. The van der Waals surface area contributed by atoms with Crippen molar-refractivity contribution in [3.05, 3.63) is 23.8 Å². The van der Waals surface area contributed by atoms with E-state index in [0.29, 0.717) is 18.9 Å². The molecule has 4 heteroatoms. The number of para-hydroxylation sites is 1. The standard InChI is InChI=1S/C9H14N2O2/c1-2-13-8-5-3-4-7(6-11-10)9(8)12/h3-5,11-12H,2,6,10H2,1H3. The number of nitrogens with one attached hydrogen (secondary N) is 1. The molecule has 0 heterocycles.